The number of imide groups is 1. The Balaban J connectivity index is 2.24. The van der Waals surface area contributed by atoms with Gasteiger partial charge in [0.15, 0.2) is 0 Å². The summed E-state index contributed by atoms with van der Waals surface area (Å²) in [5.41, 5.74) is 0.658. The van der Waals surface area contributed by atoms with Gasteiger partial charge in [-0.15, -0.1) is 0 Å². The number of rotatable bonds is 4. The van der Waals surface area contributed by atoms with Crippen LogP contribution in [0.4, 0.5) is 0 Å². The highest BCUT2D eigenvalue weighted by molar-refractivity contribution is 6.07. The van der Waals surface area contributed by atoms with E-state index in [2.05, 4.69) is 0 Å². The predicted molar refractivity (Wildman–Crippen MR) is 64.7 cm³/mol. The van der Waals surface area contributed by atoms with Crippen LogP contribution in [0, 0.1) is 0 Å². The molecule has 1 N–H and O–H groups in total. The lowest BCUT2D eigenvalue weighted by Gasteiger charge is -2.12. The summed E-state index contributed by atoms with van der Waals surface area (Å²) in [5.74, 6) is -2.16. The lowest BCUT2D eigenvalue weighted by atomic mass is 9.97. The Morgan fingerprint density at radius 2 is 2.21 bits per heavy atom. The van der Waals surface area contributed by atoms with Crippen LogP contribution >= 0.6 is 0 Å². The maximum Gasteiger partial charge on any atom is 0.323 e. The van der Waals surface area contributed by atoms with Gasteiger partial charge in [0, 0.05) is 6.42 Å². The Hall–Kier alpha value is -2.37. The highest BCUT2D eigenvalue weighted by Crippen LogP contribution is 2.31. The monoisotopic (exact) mass is 263 g/mol. The van der Waals surface area contributed by atoms with Crippen LogP contribution in [0.25, 0.3) is 0 Å². The molecule has 0 radical (unpaired) electrons. The third kappa shape index (κ3) is 2.57. The number of carboxylic acid groups (broad SMARTS) is 1. The van der Waals surface area contributed by atoms with Gasteiger partial charge in [-0.1, -0.05) is 12.1 Å². The normalized spacial score (nSPS) is 18.8. The second-order valence-corrected chi connectivity index (χ2v) is 4.25. The molecule has 0 saturated carbocycles. The van der Waals surface area contributed by atoms with Crippen molar-refractivity contribution in [3.63, 3.8) is 0 Å². The summed E-state index contributed by atoms with van der Waals surface area (Å²) in [4.78, 5) is 35.1. The molecule has 1 unspecified atom stereocenters. The maximum atomic E-state index is 12.1. The number of carbonyl (C=O) groups excluding carboxylic acids is 2. The van der Waals surface area contributed by atoms with E-state index in [1.807, 2.05) is 0 Å². The Kier molecular flexibility index (Phi) is 3.50. The number of nitrogens with zero attached hydrogens (tertiary/aromatic N) is 1. The van der Waals surface area contributed by atoms with Crippen molar-refractivity contribution in [3.05, 3.63) is 29.8 Å². The SMILES string of the molecule is COc1cccc(C2CC(=O)N(CC(=O)O)C2=O)c1. The summed E-state index contributed by atoms with van der Waals surface area (Å²) in [7, 11) is 1.51. The molecule has 0 aromatic heterocycles. The molecule has 1 heterocycles. The molecule has 2 rings (SSSR count). The van der Waals surface area contributed by atoms with E-state index in [1.165, 1.54) is 7.11 Å². The van der Waals surface area contributed by atoms with E-state index in [1.54, 1.807) is 24.3 Å². The van der Waals surface area contributed by atoms with Gasteiger partial charge in [-0.05, 0) is 17.7 Å². The summed E-state index contributed by atoms with van der Waals surface area (Å²) in [6.45, 7) is -0.585. The molecular formula is C13H13NO5. The number of carbonyl (C=O) groups is 3. The van der Waals surface area contributed by atoms with Crippen molar-refractivity contribution in [2.75, 3.05) is 13.7 Å². The standard InChI is InChI=1S/C13H13NO5/c1-19-9-4-2-3-8(5-9)10-6-11(15)14(13(10)18)7-12(16)17/h2-5,10H,6-7H2,1H3,(H,16,17). The fourth-order valence-corrected chi connectivity index (χ4v) is 2.10. The number of hydrogen-bond acceptors (Lipinski definition) is 4. The maximum absolute atomic E-state index is 12.1. The zero-order valence-corrected chi connectivity index (χ0v) is 10.3. The highest BCUT2D eigenvalue weighted by atomic mass is 16.5. The van der Waals surface area contributed by atoms with Crippen LogP contribution in [-0.4, -0.2) is 41.4 Å². The van der Waals surface area contributed by atoms with Crippen molar-refractivity contribution in [1.29, 1.82) is 0 Å². The molecule has 19 heavy (non-hydrogen) atoms. The van der Waals surface area contributed by atoms with Crippen LogP contribution in [0.15, 0.2) is 24.3 Å². The zero-order valence-electron chi connectivity index (χ0n) is 10.3. The first-order valence-electron chi connectivity index (χ1n) is 5.73. The van der Waals surface area contributed by atoms with Crippen LogP contribution in [0.5, 0.6) is 5.75 Å². The number of carboxylic acids is 1. The minimum Gasteiger partial charge on any atom is -0.497 e. The van der Waals surface area contributed by atoms with Crippen molar-refractivity contribution in [3.8, 4) is 5.75 Å². The van der Waals surface area contributed by atoms with Crippen molar-refractivity contribution in [2.24, 2.45) is 0 Å². The fourth-order valence-electron chi connectivity index (χ4n) is 2.10. The van der Waals surface area contributed by atoms with E-state index < -0.39 is 30.2 Å². The van der Waals surface area contributed by atoms with Crippen LogP contribution in [-0.2, 0) is 14.4 Å². The lowest BCUT2D eigenvalue weighted by molar-refractivity contribution is -0.148. The van der Waals surface area contributed by atoms with Gasteiger partial charge in [0.2, 0.25) is 11.8 Å². The van der Waals surface area contributed by atoms with Gasteiger partial charge < -0.3 is 9.84 Å². The van der Waals surface area contributed by atoms with Crippen LogP contribution in [0.1, 0.15) is 17.9 Å². The molecule has 1 aliphatic rings. The van der Waals surface area contributed by atoms with E-state index in [4.69, 9.17) is 9.84 Å². The van der Waals surface area contributed by atoms with Gasteiger partial charge in [0.05, 0.1) is 13.0 Å². The molecule has 1 saturated heterocycles. The van der Waals surface area contributed by atoms with Crippen LogP contribution in [0.3, 0.4) is 0 Å². The lowest BCUT2D eigenvalue weighted by Crippen LogP contribution is -2.35. The molecule has 6 nitrogen and oxygen atoms in total. The molecule has 2 amide bonds. The van der Waals surface area contributed by atoms with Crippen molar-refractivity contribution >= 4 is 17.8 Å². The Labute approximate surface area is 109 Å². The second-order valence-electron chi connectivity index (χ2n) is 4.25. The number of methoxy groups -OCH3 is 1. The molecular weight excluding hydrogens is 250 g/mol. The largest absolute Gasteiger partial charge is 0.497 e. The molecule has 1 aliphatic heterocycles. The summed E-state index contributed by atoms with van der Waals surface area (Å²) in [5, 5.41) is 8.68. The highest BCUT2D eigenvalue weighted by Gasteiger charge is 2.40. The first-order chi connectivity index (χ1) is 9.02. The average molecular weight is 263 g/mol. The van der Waals surface area contributed by atoms with Gasteiger partial charge in [-0.3, -0.25) is 19.3 Å². The van der Waals surface area contributed by atoms with Gasteiger partial charge in [-0.25, -0.2) is 0 Å². The van der Waals surface area contributed by atoms with Gasteiger partial charge >= 0.3 is 5.97 Å². The Bertz CT molecular complexity index is 540. The molecule has 0 spiro atoms. The van der Waals surface area contributed by atoms with Crippen LogP contribution in [0.2, 0.25) is 0 Å². The third-order valence-corrected chi connectivity index (χ3v) is 3.03. The van der Waals surface area contributed by atoms with Gasteiger partial charge in [-0.2, -0.15) is 0 Å². The van der Waals surface area contributed by atoms with Crippen molar-refractivity contribution in [1.82, 2.24) is 4.90 Å². The predicted octanol–water partition coefficient (Wildman–Crippen LogP) is 0.622. The van der Waals surface area contributed by atoms with E-state index in [-0.39, 0.29) is 6.42 Å². The fraction of sp³-hybridized carbons (Fsp3) is 0.308. The molecule has 1 fully saturated rings. The number of benzene rings is 1. The molecule has 1 aromatic carbocycles. The number of aliphatic carboxylic acids is 1. The van der Waals surface area contributed by atoms with Gasteiger partial charge in [0.25, 0.3) is 0 Å². The van der Waals surface area contributed by atoms with Gasteiger partial charge in [0.1, 0.15) is 12.3 Å². The quantitative estimate of drug-likeness (QED) is 0.805. The molecule has 1 atom stereocenters. The summed E-state index contributed by atoms with van der Waals surface area (Å²) < 4.78 is 5.06. The van der Waals surface area contributed by atoms with E-state index in [9.17, 15) is 14.4 Å². The second kappa shape index (κ2) is 5.09. The first kappa shape index (κ1) is 13.1. The number of likely N-dealkylation sites (tertiary alicyclic amines) is 1. The molecule has 1 aromatic rings. The van der Waals surface area contributed by atoms with Crippen molar-refractivity contribution in [2.45, 2.75) is 12.3 Å². The minimum atomic E-state index is -1.20. The minimum absolute atomic E-state index is 0.000713. The van der Waals surface area contributed by atoms with E-state index in [0.29, 0.717) is 11.3 Å². The molecule has 100 valence electrons. The van der Waals surface area contributed by atoms with Crippen LogP contribution < -0.4 is 4.74 Å². The number of hydrogen-bond donors (Lipinski definition) is 1. The smallest absolute Gasteiger partial charge is 0.323 e. The average Bonchev–Trinajstić information content (AvgIpc) is 2.66. The number of amides is 2. The summed E-state index contributed by atoms with van der Waals surface area (Å²) in [6, 6.07) is 6.87. The molecule has 0 bridgehead atoms. The third-order valence-electron chi connectivity index (χ3n) is 3.03. The molecule has 6 heteroatoms. The first-order valence-corrected chi connectivity index (χ1v) is 5.73. The zero-order chi connectivity index (χ0) is 14.0. The summed E-state index contributed by atoms with van der Waals surface area (Å²) in [6.07, 6.45) is -0.000713. The van der Waals surface area contributed by atoms with Crippen molar-refractivity contribution < 1.29 is 24.2 Å². The van der Waals surface area contributed by atoms with E-state index >= 15 is 0 Å². The Morgan fingerprint density at radius 3 is 2.84 bits per heavy atom. The molecule has 0 aliphatic carbocycles. The Morgan fingerprint density at radius 1 is 1.47 bits per heavy atom. The summed E-state index contributed by atoms with van der Waals surface area (Å²) >= 11 is 0. The number of ether oxygens (including phenoxy) is 1. The van der Waals surface area contributed by atoms with E-state index in [0.717, 1.165) is 4.90 Å². The topological polar surface area (TPSA) is 83.9 Å².